The maximum absolute atomic E-state index is 11.1. The monoisotopic (exact) mass is 325 g/mol. The molecule has 1 heterocycles. The molecule has 0 atom stereocenters. The molecule has 0 unspecified atom stereocenters. The number of aromatic amines is 1. The smallest absolute Gasteiger partial charge is 0.343 e. The average molecular weight is 325 g/mol. The number of benzene rings is 2. The minimum atomic E-state index is -0.420. The molecule has 7 nitrogen and oxygen atoms in total. The van der Waals surface area contributed by atoms with E-state index in [2.05, 4.69) is 20.3 Å². The number of aromatic nitrogens is 4. The van der Waals surface area contributed by atoms with Gasteiger partial charge in [0.2, 0.25) is 0 Å². The normalized spacial score (nSPS) is 10.4. The molecular formula is C17H17N4O3+. The number of esters is 1. The zero-order valence-corrected chi connectivity index (χ0v) is 13.2. The lowest BCUT2D eigenvalue weighted by Gasteiger charge is -2.05. The molecule has 0 saturated carbocycles. The third-order valence-electron chi connectivity index (χ3n) is 3.45. The van der Waals surface area contributed by atoms with Crippen LogP contribution in [0.4, 0.5) is 0 Å². The minimum Gasteiger partial charge on any atom is -0.482 e. The van der Waals surface area contributed by atoms with Crippen LogP contribution in [0.1, 0.15) is 5.56 Å². The van der Waals surface area contributed by atoms with Crippen LogP contribution >= 0.6 is 0 Å². The standard InChI is InChI=1S/C17H16N4O3/c1-23-16(22)12-24-15-9-7-14(8-10-15)17-18-19-20-21(17)11-13-5-3-2-4-6-13/h2-10H,11-12H2,1H3/p+1. The largest absolute Gasteiger partial charge is 0.482 e. The van der Waals surface area contributed by atoms with Gasteiger partial charge in [-0.15, -0.1) is 0 Å². The molecule has 0 aliphatic heterocycles. The van der Waals surface area contributed by atoms with Crippen molar-refractivity contribution in [1.29, 1.82) is 0 Å². The van der Waals surface area contributed by atoms with Gasteiger partial charge < -0.3 is 9.47 Å². The highest BCUT2D eigenvalue weighted by molar-refractivity contribution is 5.70. The predicted octanol–water partition coefficient (Wildman–Crippen LogP) is 1.36. The van der Waals surface area contributed by atoms with Crippen LogP contribution in [0.2, 0.25) is 0 Å². The van der Waals surface area contributed by atoms with Gasteiger partial charge in [-0.3, -0.25) is 0 Å². The number of carbonyl (C=O) groups excluding carboxylic acids is 1. The van der Waals surface area contributed by atoms with Gasteiger partial charge in [0.15, 0.2) is 11.8 Å². The summed E-state index contributed by atoms with van der Waals surface area (Å²) in [6.45, 7) is 0.525. The second-order valence-corrected chi connectivity index (χ2v) is 5.08. The van der Waals surface area contributed by atoms with Crippen molar-refractivity contribution >= 4 is 5.97 Å². The lowest BCUT2D eigenvalue weighted by Crippen LogP contribution is -2.38. The van der Waals surface area contributed by atoms with E-state index in [4.69, 9.17) is 4.74 Å². The summed E-state index contributed by atoms with van der Waals surface area (Å²) in [5, 5.41) is 10.9. The second kappa shape index (κ2) is 7.36. The number of H-pyrrole nitrogens is 1. The van der Waals surface area contributed by atoms with Crippen molar-refractivity contribution in [1.82, 2.24) is 15.5 Å². The quantitative estimate of drug-likeness (QED) is 0.547. The van der Waals surface area contributed by atoms with Crippen LogP contribution in [0.5, 0.6) is 5.75 Å². The van der Waals surface area contributed by atoms with E-state index >= 15 is 0 Å². The van der Waals surface area contributed by atoms with Crippen molar-refractivity contribution in [2.45, 2.75) is 6.54 Å². The fraction of sp³-hybridized carbons (Fsp3) is 0.176. The summed E-state index contributed by atoms with van der Waals surface area (Å²) in [6.07, 6.45) is 0. The first-order chi connectivity index (χ1) is 11.8. The van der Waals surface area contributed by atoms with Crippen molar-refractivity contribution in [3.05, 3.63) is 60.2 Å². The van der Waals surface area contributed by atoms with Gasteiger partial charge in [-0.05, 0) is 29.8 Å². The van der Waals surface area contributed by atoms with Crippen LogP contribution in [0, 0.1) is 0 Å². The van der Waals surface area contributed by atoms with E-state index in [1.165, 1.54) is 7.11 Å². The maximum atomic E-state index is 11.1. The third kappa shape index (κ3) is 3.75. The topological polar surface area (TPSA) is 81.0 Å². The Hall–Kier alpha value is -3.22. The fourth-order valence-electron chi connectivity index (χ4n) is 2.22. The van der Waals surface area contributed by atoms with Crippen LogP contribution in [-0.2, 0) is 16.1 Å². The van der Waals surface area contributed by atoms with Crippen molar-refractivity contribution < 1.29 is 19.0 Å². The number of hydrogen-bond donors (Lipinski definition) is 1. The Labute approximate surface area is 138 Å². The number of rotatable bonds is 6. The van der Waals surface area contributed by atoms with Crippen LogP contribution in [0.3, 0.4) is 0 Å². The van der Waals surface area contributed by atoms with Crippen molar-refractivity contribution in [3.8, 4) is 17.1 Å². The average Bonchev–Trinajstić information content (AvgIpc) is 3.09. The molecule has 1 aromatic heterocycles. The highest BCUT2D eigenvalue weighted by Crippen LogP contribution is 2.18. The molecule has 0 amide bonds. The van der Waals surface area contributed by atoms with E-state index in [1.807, 2.05) is 47.1 Å². The first kappa shape index (κ1) is 15.7. The summed E-state index contributed by atoms with van der Waals surface area (Å²) in [6, 6.07) is 17.3. The molecule has 0 spiro atoms. The zero-order chi connectivity index (χ0) is 16.8. The molecule has 24 heavy (non-hydrogen) atoms. The van der Waals surface area contributed by atoms with Gasteiger partial charge >= 0.3 is 11.8 Å². The van der Waals surface area contributed by atoms with Gasteiger partial charge in [-0.1, -0.05) is 35.5 Å². The summed E-state index contributed by atoms with van der Waals surface area (Å²) in [4.78, 5) is 11.1. The summed E-state index contributed by atoms with van der Waals surface area (Å²) in [5.74, 6) is 0.886. The van der Waals surface area contributed by atoms with Crippen molar-refractivity contribution in [2.75, 3.05) is 13.7 Å². The van der Waals surface area contributed by atoms with E-state index in [0.717, 1.165) is 17.0 Å². The van der Waals surface area contributed by atoms with Gasteiger partial charge in [0.1, 0.15) is 17.4 Å². The fourth-order valence-corrected chi connectivity index (χ4v) is 2.22. The maximum Gasteiger partial charge on any atom is 0.343 e. The van der Waals surface area contributed by atoms with Gasteiger partial charge in [0.05, 0.1) is 12.7 Å². The number of tetrazole rings is 1. The Balaban J connectivity index is 1.73. The molecular weight excluding hydrogens is 308 g/mol. The Bertz CT molecular complexity index is 800. The second-order valence-electron chi connectivity index (χ2n) is 5.08. The molecule has 2 aromatic carbocycles. The summed E-state index contributed by atoms with van der Waals surface area (Å²) >= 11 is 0. The number of ether oxygens (including phenoxy) is 2. The summed E-state index contributed by atoms with van der Waals surface area (Å²) in [7, 11) is 1.32. The van der Waals surface area contributed by atoms with Crippen LogP contribution in [0.25, 0.3) is 11.4 Å². The molecule has 3 aromatic rings. The van der Waals surface area contributed by atoms with Crippen LogP contribution in [-0.4, -0.2) is 35.2 Å². The molecule has 0 saturated heterocycles. The molecule has 0 fully saturated rings. The van der Waals surface area contributed by atoms with Gasteiger partial charge in [0.25, 0.3) is 0 Å². The molecule has 122 valence electrons. The molecule has 1 N–H and O–H groups in total. The number of nitrogens with zero attached hydrogens (tertiary/aromatic N) is 3. The van der Waals surface area contributed by atoms with Gasteiger partial charge in [0, 0.05) is 0 Å². The third-order valence-corrected chi connectivity index (χ3v) is 3.45. The van der Waals surface area contributed by atoms with E-state index in [-0.39, 0.29) is 6.61 Å². The first-order valence-corrected chi connectivity index (χ1v) is 7.41. The van der Waals surface area contributed by atoms with E-state index in [9.17, 15) is 4.79 Å². The van der Waals surface area contributed by atoms with Crippen LogP contribution < -0.4 is 9.42 Å². The highest BCUT2D eigenvalue weighted by Gasteiger charge is 2.17. The Morgan fingerprint density at radius 2 is 1.88 bits per heavy atom. The van der Waals surface area contributed by atoms with E-state index in [0.29, 0.717) is 12.3 Å². The first-order valence-electron chi connectivity index (χ1n) is 7.41. The van der Waals surface area contributed by atoms with Crippen LogP contribution in [0.15, 0.2) is 54.6 Å². The SMILES string of the molecule is COC(=O)COc1ccc(-c2nn[nH][n+]2Cc2ccccc2)cc1. The Morgan fingerprint density at radius 3 is 2.58 bits per heavy atom. The number of methoxy groups -OCH3 is 1. The molecule has 7 heteroatoms. The molecule has 0 bridgehead atoms. The highest BCUT2D eigenvalue weighted by atomic mass is 16.6. The van der Waals surface area contributed by atoms with Gasteiger partial charge in [-0.25, -0.2) is 4.79 Å². The van der Waals surface area contributed by atoms with E-state index in [1.54, 1.807) is 12.1 Å². The molecule has 0 aliphatic rings. The van der Waals surface area contributed by atoms with Gasteiger partial charge in [-0.2, -0.15) is 4.68 Å². The lowest BCUT2D eigenvalue weighted by molar-refractivity contribution is -0.736. The molecule has 3 rings (SSSR count). The minimum absolute atomic E-state index is 0.117. The molecule has 0 aliphatic carbocycles. The number of hydrogen-bond acceptors (Lipinski definition) is 5. The van der Waals surface area contributed by atoms with E-state index < -0.39 is 5.97 Å². The summed E-state index contributed by atoms with van der Waals surface area (Å²) in [5.41, 5.74) is 2.04. The van der Waals surface area contributed by atoms with Crippen molar-refractivity contribution in [2.24, 2.45) is 0 Å². The number of nitrogens with one attached hydrogen (secondary N) is 1. The predicted molar refractivity (Wildman–Crippen MR) is 85.1 cm³/mol. The number of carbonyl (C=O) groups is 1. The molecule has 0 radical (unpaired) electrons. The Kier molecular flexibility index (Phi) is 4.81. The lowest BCUT2D eigenvalue weighted by atomic mass is 10.2. The van der Waals surface area contributed by atoms with Crippen molar-refractivity contribution in [3.63, 3.8) is 0 Å². The summed E-state index contributed by atoms with van der Waals surface area (Å²) < 4.78 is 11.7. The zero-order valence-electron chi connectivity index (χ0n) is 13.2. The Morgan fingerprint density at radius 1 is 1.12 bits per heavy atom.